The van der Waals surface area contributed by atoms with E-state index in [0.717, 1.165) is 6.07 Å². The second-order valence-electron chi connectivity index (χ2n) is 4.30. The average molecular weight is 306 g/mol. The molecule has 1 atom stereocenters. The Bertz CT molecular complexity index is 524. The first-order valence-electron chi connectivity index (χ1n) is 5.88. The van der Waals surface area contributed by atoms with Crippen LogP contribution in [0.2, 0.25) is 0 Å². The lowest BCUT2D eigenvalue weighted by molar-refractivity contribution is 0.555. The van der Waals surface area contributed by atoms with E-state index in [-0.39, 0.29) is 22.2 Å². The van der Waals surface area contributed by atoms with Gasteiger partial charge in [-0.1, -0.05) is 6.92 Å². The van der Waals surface area contributed by atoms with Crippen molar-refractivity contribution in [3.8, 4) is 0 Å². The summed E-state index contributed by atoms with van der Waals surface area (Å²) >= 11 is 1.55. The first-order chi connectivity index (χ1) is 8.81. The third kappa shape index (κ3) is 4.09. The molecule has 1 rings (SSSR count). The van der Waals surface area contributed by atoms with Crippen LogP contribution in [0.5, 0.6) is 0 Å². The molecule has 0 aliphatic heterocycles. The number of rotatable bonds is 6. The van der Waals surface area contributed by atoms with Crippen molar-refractivity contribution in [3.63, 3.8) is 0 Å². The van der Waals surface area contributed by atoms with Crippen molar-refractivity contribution in [1.29, 1.82) is 0 Å². The van der Waals surface area contributed by atoms with Crippen LogP contribution in [0.15, 0.2) is 17.0 Å². The SMILES string of the molecule is CCC(CSC)NS(=O)(=O)c1cc(N)c(C)c(F)c1. The van der Waals surface area contributed by atoms with E-state index in [1.54, 1.807) is 11.8 Å². The number of benzene rings is 1. The molecule has 19 heavy (non-hydrogen) atoms. The zero-order chi connectivity index (χ0) is 14.6. The fourth-order valence-corrected chi connectivity index (χ4v) is 3.75. The molecule has 1 aromatic rings. The molecule has 0 amide bonds. The minimum absolute atomic E-state index is 0.132. The Balaban J connectivity index is 3.07. The number of halogens is 1. The molecule has 4 nitrogen and oxygen atoms in total. The van der Waals surface area contributed by atoms with Gasteiger partial charge in [-0.3, -0.25) is 0 Å². The summed E-state index contributed by atoms with van der Waals surface area (Å²) in [6.07, 6.45) is 2.57. The Morgan fingerprint density at radius 1 is 1.47 bits per heavy atom. The highest BCUT2D eigenvalue weighted by atomic mass is 32.2. The maximum Gasteiger partial charge on any atom is 0.241 e. The van der Waals surface area contributed by atoms with Gasteiger partial charge < -0.3 is 5.73 Å². The van der Waals surface area contributed by atoms with Gasteiger partial charge in [0.05, 0.1) is 4.90 Å². The summed E-state index contributed by atoms with van der Waals surface area (Å²) in [5.41, 5.74) is 6.00. The van der Waals surface area contributed by atoms with Crippen LogP contribution in [0.1, 0.15) is 18.9 Å². The molecule has 0 spiro atoms. The molecule has 0 aliphatic rings. The van der Waals surface area contributed by atoms with E-state index in [2.05, 4.69) is 4.72 Å². The van der Waals surface area contributed by atoms with Gasteiger partial charge in [0, 0.05) is 23.0 Å². The number of sulfonamides is 1. The zero-order valence-electron chi connectivity index (χ0n) is 11.2. The topological polar surface area (TPSA) is 72.2 Å². The van der Waals surface area contributed by atoms with E-state index in [1.165, 1.54) is 13.0 Å². The number of anilines is 1. The Hall–Kier alpha value is -0.790. The summed E-state index contributed by atoms with van der Waals surface area (Å²) < 4.78 is 40.4. The van der Waals surface area contributed by atoms with Crippen LogP contribution < -0.4 is 10.5 Å². The molecule has 0 fully saturated rings. The largest absolute Gasteiger partial charge is 0.398 e. The molecule has 0 saturated carbocycles. The van der Waals surface area contributed by atoms with Gasteiger partial charge in [0.25, 0.3) is 0 Å². The monoisotopic (exact) mass is 306 g/mol. The summed E-state index contributed by atoms with van der Waals surface area (Å²) in [4.78, 5) is -0.132. The minimum Gasteiger partial charge on any atom is -0.398 e. The van der Waals surface area contributed by atoms with E-state index >= 15 is 0 Å². The fourth-order valence-electron chi connectivity index (χ4n) is 1.55. The molecule has 0 aliphatic carbocycles. The molecule has 1 aromatic carbocycles. The Labute approximate surface area is 118 Å². The lowest BCUT2D eigenvalue weighted by Gasteiger charge is -2.16. The average Bonchev–Trinajstić information content (AvgIpc) is 2.34. The highest BCUT2D eigenvalue weighted by Gasteiger charge is 2.20. The van der Waals surface area contributed by atoms with Gasteiger partial charge in [0.1, 0.15) is 5.82 Å². The van der Waals surface area contributed by atoms with E-state index in [9.17, 15) is 12.8 Å². The van der Waals surface area contributed by atoms with Gasteiger partial charge in [-0.2, -0.15) is 11.8 Å². The van der Waals surface area contributed by atoms with E-state index in [0.29, 0.717) is 12.2 Å². The summed E-state index contributed by atoms with van der Waals surface area (Å²) in [6, 6.07) is 2.11. The van der Waals surface area contributed by atoms with Crippen LogP contribution in [0.4, 0.5) is 10.1 Å². The Morgan fingerprint density at radius 3 is 2.58 bits per heavy atom. The standard InChI is InChI=1S/C12H19FN2O2S2/c1-4-9(7-18-3)15-19(16,17)10-5-11(13)8(2)12(14)6-10/h5-6,9,15H,4,7,14H2,1-3H3. The maximum atomic E-state index is 13.6. The number of nitrogens with two attached hydrogens (primary N) is 1. The van der Waals surface area contributed by atoms with Crippen LogP contribution in [0.3, 0.4) is 0 Å². The normalized spacial score (nSPS) is 13.5. The van der Waals surface area contributed by atoms with Crippen molar-refractivity contribution >= 4 is 27.5 Å². The van der Waals surface area contributed by atoms with Crippen molar-refractivity contribution in [2.45, 2.75) is 31.2 Å². The molecular weight excluding hydrogens is 287 g/mol. The summed E-state index contributed by atoms with van der Waals surface area (Å²) in [7, 11) is -3.74. The number of nitrogen functional groups attached to an aromatic ring is 1. The third-order valence-corrected chi connectivity index (χ3v) is 5.09. The van der Waals surface area contributed by atoms with E-state index in [4.69, 9.17) is 5.73 Å². The van der Waals surface area contributed by atoms with Gasteiger partial charge in [-0.05, 0) is 31.7 Å². The van der Waals surface area contributed by atoms with Gasteiger partial charge >= 0.3 is 0 Å². The lowest BCUT2D eigenvalue weighted by atomic mass is 10.2. The minimum atomic E-state index is -3.74. The Morgan fingerprint density at radius 2 is 2.11 bits per heavy atom. The molecule has 7 heteroatoms. The smallest absolute Gasteiger partial charge is 0.241 e. The lowest BCUT2D eigenvalue weighted by Crippen LogP contribution is -2.36. The highest BCUT2D eigenvalue weighted by molar-refractivity contribution is 7.98. The van der Waals surface area contributed by atoms with Crippen LogP contribution >= 0.6 is 11.8 Å². The van der Waals surface area contributed by atoms with Crippen molar-refractivity contribution in [1.82, 2.24) is 4.72 Å². The molecule has 0 heterocycles. The molecule has 0 bridgehead atoms. The molecule has 0 radical (unpaired) electrons. The summed E-state index contributed by atoms with van der Waals surface area (Å²) in [5.74, 6) is 0.0535. The van der Waals surface area contributed by atoms with Gasteiger partial charge in [0.2, 0.25) is 10.0 Å². The Kier molecular flexibility index (Phi) is 5.64. The number of thioether (sulfide) groups is 1. The van der Waals surface area contributed by atoms with Crippen molar-refractivity contribution in [3.05, 3.63) is 23.5 Å². The van der Waals surface area contributed by atoms with Gasteiger partial charge in [-0.25, -0.2) is 17.5 Å². The van der Waals surface area contributed by atoms with Crippen LogP contribution in [0.25, 0.3) is 0 Å². The van der Waals surface area contributed by atoms with Crippen molar-refractivity contribution in [2.24, 2.45) is 0 Å². The molecule has 0 aromatic heterocycles. The highest BCUT2D eigenvalue weighted by Crippen LogP contribution is 2.21. The first kappa shape index (κ1) is 16.3. The van der Waals surface area contributed by atoms with Crippen LogP contribution in [-0.4, -0.2) is 26.5 Å². The van der Waals surface area contributed by atoms with E-state index in [1.807, 2.05) is 13.2 Å². The number of nitrogens with one attached hydrogen (secondary N) is 1. The third-order valence-electron chi connectivity index (χ3n) is 2.85. The second-order valence-corrected chi connectivity index (χ2v) is 6.93. The van der Waals surface area contributed by atoms with Crippen molar-refractivity contribution in [2.75, 3.05) is 17.7 Å². The second kappa shape index (κ2) is 6.58. The van der Waals surface area contributed by atoms with Gasteiger partial charge in [-0.15, -0.1) is 0 Å². The van der Waals surface area contributed by atoms with Crippen LogP contribution in [-0.2, 0) is 10.0 Å². The molecular formula is C12H19FN2O2S2. The number of hydrogen-bond donors (Lipinski definition) is 2. The predicted octanol–water partition coefficient (Wildman–Crippen LogP) is 2.14. The zero-order valence-corrected chi connectivity index (χ0v) is 12.9. The molecule has 108 valence electrons. The molecule has 1 unspecified atom stereocenters. The summed E-state index contributed by atoms with van der Waals surface area (Å²) in [5, 5.41) is 0. The van der Waals surface area contributed by atoms with Crippen LogP contribution in [0, 0.1) is 12.7 Å². The van der Waals surface area contributed by atoms with Gasteiger partial charge in [0.15, 0.2) is 0 Å². The van der Waals surface area contributed by atoms with E-state index < -0.39 is 15.8 Å². The molecule has 3 N–H and O–H groups in total. The van der Waals surface area contributed by atoms with Crippen molar-refractivity contribution < 1.29 is 12.8 Å². The predicted molar refractivity (Wildman–Crippen MR) is 78.3 cm³/mol. The molecule has 0 saturated heterocycles. The quantitative estimate of drug-likeness (QED) is 0.790. The maximum absolute atomic E-state index is 13.6. The fraction of sp³-hybridized carbons (Fsp3) is 0.500. The first-order valence-corrected chi connectivity index (χ1v) is 8.76. The number of hydrogen-bond acceptors (Lipinski definition) is 4. The summed E-state index contributed by atoms with van der Waals surface area (Å²) in [6.45, 7) is 3.41.